The Labute approximate surface area is 71.5 Å². The maximum atomic E-state index is 2.31. The number of hydrogen-bond acceptors (Lipinski definition) is 0. The quantitative estimate of drug-likeness (QED) is 0.531. The molecule has 0 atom stereocenters. The summed E-state index contributed by atoms with van der Waals surface area (Å²) in [5.41, 5.74) is 0. The molecule has 6 heavy (non-hydrogen) atoms. The molecule has 0 aliphatic rings. The molecule has 0 spiro atoms. The van der Waals surface area contributed by atoms with Crippen LogP contribution in [0.3, 0.4) is 0 Å². The number of rotatable bonds is 2. The van der Waals surface area contributed by atoms with E-state index in [9.17, 15) is 0 Å². The van der Waals surface area contributed by atoms with Crippen LogP contribution in [0.1, 0.15) is 13.8 Å². The van der Waals surface area contributed by atoms with Gasteiger partial charge in [0.15, 0.2) is 0 Å². The molecule has 0 aromatic rings. The van der Waals surface area contributed by atoms with Crippen molar-refractivity contribution in [2.75, 3.05) is 11.5 Å². The topological polar surface area (TPSA) is 0 Å². The van der Waals surface area contributed by atoms with Gasteiger partial charge in [-0.3, -0.25) is 0 Å². The molecule has 0 bridgehead atoms. The van der Waals surface area contributed by atoms with Gasteiger partial charge < -0.3 is 0 Å². The van der Waals surface area contributed by atoms with Crippen LogP contribution < -0.4 is 0 Å². The summed E-state index contributed by atoms with van der Waals surface area (Å²) in [6.07, 6.45) is 0. The van der Waals surface area contributed by atoms with Crippen molar-refractivity contribution in [1.29, 1.82) is 0 Å². The fraction of sp³-hybridized carbons (Fsp3) is 1.00. The first-order chi connectivity index (χ1) is 2.81. The van der Waals surface area contributed by atoms with Crippen LogP contribution >= 0.6 is 3.19 Å². The molecule has 0 saturated carbocycles. The van der Waals surface area contributed by atoms with Crippen LogP contribution in [0.15, 0.2) is 0 Å². The summed E-state index contributed by atoms with van der Waals surface area (Å²) >= 11 is 1.10. The predicted molar refractivity (Wildman–Crippen MR) is 35.8 cm³/mol. The van der Waals surface area contributed by atoms with Crippen LogP contribution in [-0.2, 0) is 0 Å². The summed E-state index contributed by atoms with van der Waals surface area (Å²) in [7, 11) is 0. The van der Waals surface area contributed by atoms with Crippen molar-refractivity contribution in [1.82, 2.24) is 0 Å². The van der Waals surface area contributed by atoms with Gasteiger partial charge in [0.1, 0.15) is 0 Å². The zero-order valence-corrected chi connectivity index (χ0v) is 9.90. The summed E-state index contributed by atoms with van der Waals surface area (Å²) in [6, 6.07) is 0. The van der Waals surface area contributed by atoms with Gasteiger partial charge in [-0.25, -0.2) is 0 Å². The Bertz CT molecular complexity index is 26.7. The SMILES string of the molecule is CC[SH]([Ba])CC. The molecular formula is C4H11BaS. The molecule has 0 aromatic carbocycles. The van der Waals surface area contributed by atoms with Gasteiger partial charge in [-0.15, -0.1) is 0 Å². The molecule has 0 aliphatic carbocycles. The molecule has 0 saturated heterocycles. The van der Waals surface area contributed by atoms with Crippen LogP contribution in [-0.4, -0.2) is 55.9 Å². The first-order valence-electron chi connectivity index (χ1n) is 2.36. The summed E-state index contributed by atoms with van der Waals surface area (Å²) in [6.45, 7) is 4.62. The fourth-order valence-corrected chi connectivity index (χ4v) is 0.671. The summed E-state index contributed by atoms with van der Waals surface area (Å²) < 4.78 is 0.618. The predicted octanol–water partition coefficient (Wildman–Crippen LogP) is 1.11. The Morgan fingerprint density at radius 3 is 1.67 bits per heavy atom. The van der Waals surface area contributed by atoms with Crippen LogP contribution in [0.5, 0.6) is 0 Å². The van der Waals surface area contributed by atoms with E-state index in [1.165, 1.54) is 11.5 Å². The zero-order valence-electron chi connectivity index (χ0n) is 4.57. The number of hydrogen-bond donors (Lipinski definition) is 1. The molecule has 0 amide bonds. The summed E-state index contributed by atoms with van der Waals surface area (Å²) in [5.74, 6) is 2.96. The van der Waals surface area contributed by atoms with Gasteiger partial charge in [0.05, 0.1) is 0 Å². The first kappa shape index (κ1) is 7.92. The van der Waals surface area contributed by atoms with Crippen LogP contribution in [0, 0.1) is 0 Å². The zero-order chi connectivity index (χ0) is 4.99. The van der Waals surface area contributed by atoms with Crippen molar-refractivity contribution in [3.05, 3.63) is 0 Å². The van der Waals surface area contributed by atoms with E-state index in [0.717, 1.165) is 44.4 Å². The molecule has 0 nitrogen and oxygen atoms in total. The van der Waals surface area contributed by atoms with E-state index in [2.05, 4.69) is 13.8 Å². The van der Waals surface area contributed by atoms with Crippen LogP contribution in [0.2, 0.25) is 0 Å². The van der Waals surface area contributed by atoms with Crippen molar-refractivity contribution in [3.63, 3.8) is 0 Å². The standard InChI is InChI=1S/C4H10S.Ba/c1-3-5-4-2;/h3-4H2,1-2H3;/q;-1/p+1. The van der Waals surface area contributed by atoms with Gasteiger partial charge in [-0.05, 0) is 0 Å². The second kappa shape index (κ2) is 5.07. The normalized spacial score (nSPS) is 11.2. The Kier molecular flexibility index (Phi) is 6.69. The van der Waals surface area contributed by atoms with Gasteiger partial charge in [0.25, 0.3) is 0 Å². The second-order valence-corrected chi connectivity index (χ2v) is 12.3. The minimum atomic E-state index is 0.618. The maximum absolute atomic E-state index is 2.31. The first-order valence-corrected chi connectivity index (χ1v) is 10.2. The third-order valence-corrected chi connectivity index (χ3v) is 11.1. The third kappa shape index (κ3) is 4.09. The molecule has 35 valence electrons. The average Bonchev–Trinajstić information content (AvgIpc) is 1.65. The van der Waals surface area contributed by atoms with E-state index in [-0.39, 0.29) is 0 Å². The Balaban J connectivity index is 2.75. The monoisotopic (exact) mass is 229 g/mol. The van der Waals surface area contributed by atoms with Crippen molar-refractivity contribution in [2.24, 2.45) is 0 Å². The van der Waals surface area contributed by atoms with Crippen molar-refractivity contribution >= 4 is 47.6 Å². The van der Waals surface area contributed by atoms with Gasteiger partial charge in [-0.1, -0.05) is 0 Å². The molecule has 1 radical (unpaired) electrons. The fourth-order valence-electron chi connectivity index (χ4n) is 0.224. The molecule has 0 rings (SSSR count). The molecule has 0 unspecified atom stereocenters. The van der Waals surface area contributed by atoms with Crippen molar-refractivity contribution < 1.29 is 0 Å². The van der Waals surface area contributed by atoms with E-state index in [1.54, 1.807) is 0 Å². The molecule has 0 heterocycles. The molecule has 0 aromatic heterocycles. The minimum absolute atomic E-state index is 0.618. The molecular weight excluding hydrogens is 217 g/mol. The Morgan fingerprint density at radius 2 is 1.67 bits per heavy atom. The molecule has 2 heteroatoms. The van der Waals surface area contributed by atoms with Crippen molar-refractivity contribution in [2.45, 2.75) is 13.8 Å². The molecule has 0 aliphatic heterocycles. The van der Waals surface area contributed by atoms with E-state index in [4.69, 9.17) is 0 Å². The van der Waals surface area contributed by atoms with Gasteiger partial charge in [0, 0.05) is 0 Å². The molecule has 0 fully saturated rings. The van der Waals surface area contributed by atoms with Crippen LogP contribution in [0.25, 0.3) is 0 Å². The average molecular weight is 229 g/mol. The van der Waals surface area contributed by atoms with E-state index >= 15 is 0 Å². The Hall–Kier alpha value is 1.92. The van der Waals surface area contributed by atoms with Crippen LogP contribution in [0.4, 0.5) is 0 Å². The van der Waals surface area contributed by atoms with Crippen molar-refractivity contribution in [3.8, 4) is 0 Å². The van der Waals surface area contributed by atoms with E-state index in [1.807, 2.05) is 0 Å². The van der Waals surface area contributed by atoms with E-state index in [0.29, 0.717) is 3.19 Å². The number of thiol groups is 1. The molecule has 0 N–H and O–H groups in total. The van der Waals surface area contributed by atoms with E-state index < -0.39 is 0 Å². The third-order valence-electron chi connectivity index (χ3n) is 0.894. The Morgan fingerprint density at radius 1 is 1.33 bits per heavy atom. The van der Waals surface area contributed by atoms with Gasteiger partial charge >= 0.3 is 72.9 Å². The summed E-state index contributed by atoms with van der Waals surface area (Å²) in [4.78, 5) is 0. The second-order valence-electron chi connectivity index (χ2n) is 1.30. The summed E-state index contributed by atoms with van der Waals surface area (Å²) in [5, 5.41) is 0. The van der Waals surface area contributed by atoms with Gasteiger partial charge in [0.2, 0.25) is 0 Å². The van der Waals surface area contributed by atoms with Gasteiger partial charge in [-0.2, -0.15) is 0 Å².